The molecule has 0 aromatic heterocycles. The largest absolute Gasteiger partial charge is 0.289 e. The van der Waals surface area contributed by atoms with Crippen molar-refractivity contribution in [2.24, 2.45) is 0 Å². The van der Waals surface area contributed by atoms with Crippen LogP contribution < -0.4 is 10.6 Å². The van der Waals surface area contributed by atoms with E-state index in [1.54, 1.807) is 24.3 Å². The summed E-state index contributed by atoms with van der Waals surface area (Å²) in [5.74, 6) is -1.79. The molecule has 2 N–H and O–H groups in total. The van der Waals surface area contributed by atoms with Crippen LogP contribution in [0.25, 0.3) is 5.57 Å². The van der Waals surface area contributed by atoms with Gasteiger partial charge >= 0.3 is 0 Å². The molecule has 0 spiro atoms. The van der Waals surface area contributed by atoms with Gasteiger partial charge in [0.25, 0.3) is 23.6 Å². The van der Waals surface area contributed by atoms with Gasteiger partial charge in [0, 0.05) is 17.2 Å². The standard InChI is InChI=1S/C16H12N2O4/c19-12-8-10(14(20)17-12)6-7-11-13(16(22)18-15(11)21)9-4-2-1-3-5-9/h1-5,8H,6-7H2,(H,17,19,20)(H,18,21,22). The van der Waals surface area contributed by atoms with E-state index in [2.05, 4.69) is 10.6 Å². The Balaban J connectivity index is 1.89. The highest BCUT2D eigenvalue weighted by molar-refractivity contribution is 6.36. The lowest BCUT2D eigenvalue weighted by atomic mass is 9.97. The number of imide groups is 2. The highest BCUT2D eigenvalue weighted by Crippen LogP contribution is 2.28. The molecule has 0 bridgehead atoms. The highest BCUT2D eigenvalue weighted by atomic mass is 16.2. The number of hydrogen-bond donors (Lipinski definition) is 2. The second kappa shape index (κ2) is 5.40. The van der Waals surface area contributed by atoms with Crippen molar-refractivity contribution in [3.8, 4) is 0 Å². The summed E-state index contributed by atoms with van der Waals surface area (Å²) in [6, 6.07) is 8.87. The zero-order valence-electron chi connectivity index (χ0n) is 11.5. The second-order valence-electron chi connectivity index (χ2n) is 4.99. The monoisotopic (exact) mass is 296 g/mol. The van der Waals surface area contributed by atoms with Gasteiger partial charge in [0.1, 0.15) is 0 Å². The van der Waals surface area contributed by atoms with Crippen LogP contribution in [-0.4, -0.2) is 23.6 Å². The smallest absolute Gasteiger partial charge is 0.259 e. The first-order valence-electron chi connectivity index (χ1n) is 6.76. The van der Waals surface area contributed by atoms with Crippen molar-refractivity contribution in [1.82, 2.24) is 10.6 Å². The first-order chi connectivity index (χ1) is 10.6. The predicted molar refractivity (Wildman–Crippen MR) is 77.0 cm³/mol. The average Bonchev–Trinajstić information content (AvgIpc) is 2.96. The molecule has 2 aliphatic heterocycles. The number of benzene rings is 1. The molecule has 0 unspecified atom stereocenters. The molecule has 0 atom stereocenters. The minimum absolute atomic E-state index is 0.217. The van der Waals surface area contributed by atoms with Gasteiger partial charge in [-0.1, -0.05) is 30.3 Å². The summed E-state index contributed by atoms with van der Waals surface area (Å²) >= 11 is 0. The SMILES string of the molecule is O=C1C=C(CCC2=C(c3ccccc3)C(=O)NC2=O)C(=O)N1. The maximum atomic E-state index is 12.0. The summed E-state index contributed by atoms with van der Waals surface area (Å²) in [4.78, 5) is 46.5. The van der Waals surface area contributed by atoms with Crippen LogP contribution in [0.4, 0.5) is 0 Å². The van der Waals surface area contributed by atoms with Crippen molar-refractivity contribution in [2.45, 2.75) is 12.8 Å². The first-order valence-corrected chi connectivity index (χ1v) is 6.76. The van der Waals surface area contributed by atoms with Crippen molar-refractivity contribution < 1.29 is 19.2 Å². The van der Waals surface area contributed by atoms with E-state index in [1.165, 1.54) is 6.08 Å². The van der Waals surface area contributed by atoms with Gasteiger partial charge in [-0.05, 0) is 18.4 Å². The fourth-order valence-electron chi connectivity index (χ4n) is 2.54. The Bertz CT molecular complexity index is 760. The van der Waals surface area contributed by atoms with Gasteiger partial charge in [-0.2, -0.15) is 0 Å². The molecule has 0 radical (unpaired) electrons. The summed E-state index contributed by atoms with van der Waals surface area (Å²) < 4.78 is 0. The number of amides is 4. The average molecular weight is 296 g/mol. The molecule has 0 saturated heterocycles. The topological polar surface area (TPSA) is 92.3 Å². The van der Waals surface area contributed by atoms with Gasteiger partial charge in [-0.3, -0.25) is 29.8 Å². The molecule has 2 heterocycles. The van der Waals surface area contributed by atoms with Crippen molar-refractivity contribution in [1.29, 1.82) is 0 Å². The maximum absolute atomic E-state index is 12.0. The molecule has 4 amide bonds. The lowest BCUT2D eigenvalue weighted by molar-refractivity contribution is -0.125. The second-order valence-corrected chi connectivity index (χ2v) is 4.99. The molecule has 6 heteroatoms. The lowest BCUT2D eigenvalue weighted by Crippen LogP contribution is -2.23. The van der Waals surface area contributed by atoms with Gasteiger partial charge in [0.2, 0.25) is 0 Å². The number of carbonyl (C=O) groups excluding carboxylic acids is 4. The maximum Gasteiger partial charge on any atom is 0.259 e. The number of nitrogens with one attached hydrogen (secondary N) is 2. The van der Waals surface area contributed by atoms with Crippen molar-refractivity contribution in [3.63, 3.8) is 0 Å². The lowest BCUT2D eigenvalue weighted by Gasteiger charge is -2.04. The van der Waals surface area contributed by atoms with E-state index in [4.69, 9.17) is 0 Å². The Morgan fingerprint density at radius 1 is 0.773 bits per heavy atom. The third-order valence-corrected chi connectivity index (χ3v) is 3.57. The fourth-order valence-corrected chi connectivity index (χ4v) is 2.54. The fraction of sp³-hybridized carbons (Fsp3) is 0.125. The Labute approximate surface area is 125 Å². The Morgan fingerprint density at radius 3 is 2.14 bits per heavy atom. The summed E-state index contributed by atoms with van der Waals surface area (Å²) in [5, 5.41) is 4.42. The summed E-state index contributed by atoms with van der Waals surface area (Å²) in [7, 11) is 0. The zero-order chi connectivity index (χ0) is 15.7. The summed E-state index contributed by atoms with van der Waals surface area (Å²) in [6.07, 6.45) is 1.66. The molecule has 1 aromatic carbocycles. The van der Waals surface area contributed by atoms with Gasteiger partial charge < -0.3 is 0 Å². The molecular weight excluding hydrogens is 284 g/mol. The van der Waals surface area contributed by atoms with Gasteiger partial charge in [-0.25, -0.2) is 0 Å². The number of hydrogen-bond acceptors (Lipinski definition) is 4. The number of rotatable bonds is 4. The minimum atomic E-state index is -0.454. The molecule has 0 saturated carbocycles. The first kappa shape index (κ1) is 13.9. The van der Waals surface area contributed by atoms with E-state index in [-0.39, 0.29) is 12.8 Å². The third kappa shape index (κ3) is 2.46. The molecule has 110 valence electrons. The summed E-state index contributed by atoms with van der Waals surface area (Å²) in [6.45, 7) is 0. The van der Waals surface area contributed by atoms with E-state index >= 15 is 0 Å². The molecule has 22 heavy (non-hydrogen) atoms. The van der Waals surface area contributed by atoms with E-state index in [1.807, 2.05) is 6.07 Å². The Kier molecular flexibility index (Phi) is 3.42. The molecule has 2 aliphatic rings. The Morgan fingerprint density at radius 2 is 1.50 bits per heavy atom. The van der Waals surface area contributed by atoms with Gasteiger partial charge in [0.15, 0.2) is 0 Å². The van der Waals surface area contributed by atoms with Crippen molar-refractivity contribution >= 4 is 29.2 Å². The van der Waals surface area contributed by atoms with E-state index in [0.717, 1.165) is 0 Å². The quantitative estimate of drug-likeness (QED) is 0.789. The van der Waals surface area contributed by atoms with Crippen LogP contribution in [0.5, 0.6) is 0 Å². The predicted octanol–water partition coefficient (Wildman–Crippen LogP) is 0.460. The third-order valence-electron chi connectivity index (χ3n) is 3.57. The van der Waals surface area contributed by atoms with Crippen LogP contribution in [0, 0.1) is 0 Å². The molecule has 1 aromatic rings. The minimum Gasteiger partial charge on any atom is -0.289 e. The van der Waals surface area contributed by atoms with Crippen LogP contribution >= 0.6 is 0 Å². The van der Waals surface area contributed by atoms with Crippen LogP contribution in [0.1, 0.15) is 18.4 Å². The van der Waals surface area contributed by atoms with Crippen molar-refractivity contribution in [2.75, 3.05) is 0 Å². The Hall–Kier alpha value is -3.02. The molecule has 6 nitrogen and oxygen atoms in total. The van der Waals surface area contributed by atoms with Crippen LogP contribution in [0.2, 0.25) is 0 Å². The highest BCUT2D eigenvalue weighted by Gasteiger charge is 2.31. The molecule has 0 fully saturated rings. The molecule has 3 rings (SSSR count). The molecular formula is C16H12N2O4. The van der Waals surface area contributed by atoms with Crippen molar-refractivity contribution in [3.05, 3.63) is 53.1 Å². The van der Waals surface area contributed by atoms with Crippen LogP contribution in [-0.2, 0) is 19.2 Å². The van der Waals surface area contributed by atoms with E-state index in [9.17, 15) is 19.2 Å². The van der Waals surface area contributed by atoms with E-state index in [0.29, 0.717) is 22.3 Å². The molecule has 0 aliphatic carbocycles. The van der Waals surface area contributed by atoms with Crippen LogP contribution in [0.15, 0.2) is 47.6 Å². The van der Waals surface area contributed by atoms with Gasteiger partial charge in [0.05, 0.1) is 5.57 Å². The number of carbonyl (C=O) groups is 4. The normalized spacial score (nSPS) is 17.7. The van der Waals surface area contributed by atoms with E-state index < -0.39 is 23.6 Å². The summed E-state index contributed by atoms with van der Waals surface area (Å²) in [5.41, 5.74) is 1.64. The van der Waals surface area contributed by atoms with Crippen LogP contribution in [0.3, 0.4) is 0 Å². The van der Waals surface area contributed by atoms with Gasteiger partial charge in [-0.15, -0.1) is 0 Å². The zero-order valence-corrected chi connectivity index (χ0v) is 11.5.